The molecule has 3 aromatic carbocycles. The summed E-state index contributed by atoms with van der Waals surface area (Å²) in [7, 11) is -4.28. The molecule has 1 N–H and O–H groups in total. The molecule has 0 atom stereocenters. The molecule has 0 spiro atoms. The van der Waals surface area contributed by atoms with Gasteiger partial charge in [0, 0.05) is 22.5 Å². The van der Waals surface area contributed by atoms with Crippen LogP contribution >= 0.6 is 23.2 Å². The summed E-state index contributed by atoms with van der Waals surface area (Å²) in [4.78, 5) is 15.5. The van der Waals surface area contributed by atoms with Gasteiger partial charge in [0.05, 0.1) is 10.6 Å². The lowest BCUT2D eigenvalue weighted by molar-refractivity contribution is -0.135. The van der Waals surface area contributed by atoms with E-state index < -0.39 is 22.5 Å². The van der Waals surface area contributed by atoms with Gasteiger partial charge in [-0.25, -0.2) is 8.42 Å². The number of rotatable bonds is 6. The lowest BCUT2D eigenvalue weighted by Crippen LogP contribution is -2.35. The summed E-state index contributed by atoms with van der Waals surface area (Å²) >= 11 is 11.9. The van der Waals surface area contributed by atoms with Crippen molar-refractivity contribution in [3.63, 3.8) is 0 Å². The number of carbonyl (C=O) groups is 1. The molecule has 0 saturated carbocycles. The highest BCUT2D eigenvalue weighted by molar-refractivity contribution is 7.92. The SMILES string of the molecule is Cc1nc(-c2ccc3ccc(N(CC(=O)O)S(=O)(=O)c4cc(Cl)cc(Cl)c4)cc3c2)no1. The minimum absolute atomic E-state index is 0.116. The van der Waals surface area contributed by atoms with Crippen molar-refractivity contribution in [1.82, 2.24) is 10.1 Å². The molecular formula is C21H15Cl2N3O5S. The summed E-state index contributed by atoms with van der Waals surface area (Å²) in [5.74, 6) is -0.524. The molecule has 0 unspecified atom stereocenters. The highest BCUT2D eigenvalue weighted by Gasteiger charge is 2.28. The molecule has 32 heavy (non-hydrogen) atoms. The number of aliphatic carboxylic acids is 1. The molecule has 0 bridgehead atoms. The van der Waals surface area contributed by atoms with Gasteiger partial charge in [0.15, 0.2) is 0 Å². The summed E-state index contributed by atoms with van der Waals surface area (Å²) in [6.45, 7) is 0.883. The molecule has 0 amide bonds. The first-order valence-electron chi connectivity index (χ1n) is 9.18. The van der Waals surface area contributed by atoms with Crippen molar-refractivity contribution in [2.75, 3.05) is 10.8 Å². The molecule has 1 aromatic heterocycles. The second kappa shape index (κ2) is 8.42. The lowest BCUT2D eigenvalue weighted by Gasteiger charge is -2.23. The van der Waals surface area contributed by atoms with Gasteiger partial charge in [-0.05, 0) is 47.2 Å². The second-order valence-electron chi connectivity index (χ2n) is 6.89. The number of aromatic nitrogens is 2. The van der Waals surface area contributed by atoms with E-state index in [1.54, 1.807) is 25.1 Å². The molecule has 0 aliphatic carbocycles. The number of anilines is 1. The minimum Gasteiger partial charge on any atom is -0.480 e. The highest BCUT2D eigenvalue weighted by atomic mass is 35.5. The van der Waals surface area contributed by atoms with Crippen molar-refractivity contribution in [2.24, 2.45) is 0 Å². The molecule has 0 aliphatic rings. The number of sulfonamides is 1. The molecule has 164 valence electrons. The first-order valence-corrected chi connectivity index (χ1v) is 11.4. The van der Waals surface area contributed by atoms with Gasteiger partial charge in [-0.3, -0.25) is 9.10 Å². The van der Waals surface area contributed by atoms with Gasteiger partial charge < -0.3 is 9.63 Å². The zero-order valence-electron chi connectivity index (χ0n) is 16.5. The first-order chi connectivity index (χ1) is 15.1. The van der Waals surface area contributed by atoms with E-state index in [0.29, 0.717) is 22.7 Å². The number of benzene rings is 3. The number of hydrogen-bond donors (Lipinski definition) is 1. The second-order valence-corrected chi connectivity index (χ2v) is 9.63. The van der Waals surface area contributed by atoms with E-state index in [0.717, 1.165) is 9.69 Å². The minimum atomic E-state index is -4.28. The van der Waals surface area contributed by atoms with Gasteiger partial charge in [-0.15, -0.1) is 0 Å². The monoisotopic (exact) mass is 491 g/mol. The van der Waals surface area contributed by atoms with Gasteiger partial charge in [0.2, 0.25) is 11.7 Å². The van der Waals surface area contributed by atoms with E-state index in [9.17, 15) is 18.3 Å². The Morgan fingerprint density at radius 2 is 1.72 bits per heavy atom. The summed E-state index contributed by atoms with van der Waals surface area (Å²) in [6.07, 6.45) is 0. The molecule has 0 fully saturated rings. The predicted molar refractivity (Wildman–Crippen MR) is 121 cm³/mol. The zero-order chi connectivity index (χ0) is 23.0. The first kappa shape index (κ1) is 22.1. The van der Waals surface area contributed by atoms with Crippen LogP contribution in [0.5, 0.6) is 0 Å². The summed E-state index contributed by atoms with van der Waals surface area (Å²) in [5, 5.41) is 15.0. The Hall–Kier alpha value is -3.14. The third kappa shape index (κ3) is 4.40. The van der Waals surface area contributed by atoms with Gasteiger partial charge in [-0.1, -0.05) is 46.6 Å². The highest BCUT2D eigenvalue weighted by Crippen LogP contribution is 2.31. The van der Waals surface area contributed by atoms with Gasteiger partial charge in [-0.2, -0.15) is 4.98 Å². The number of carboxylic acid groups (broad SMARTS) is 1. The van der Waals surface area contributed by atoms with Crippen LogP contribution < -0.4 is 4.31 Å². The van der Waals surface area contributed by atoms with Gasteiger partial charge >= 0.3 is 5.97 Å². The molecular weight excluding hydrogens is 477 g/mol. The average Bonchev–Trinajstić information content (AvgIpc) is 3.16. The van der Waals surface area contributed by atoms with Crippen LogP contribution in [-0.2, 0) is 14.8 Å². The molecule has 0 radical (unpaired) electrons. The van der Waals surface area contributed by atoms with Crippen molar-refractivity contribution in [2.45, 2.75) is 11.8 Å². The van der Waals surface area contributed by atoms with Crippen LogP contribution in [0.1, 0.15) is 5.89 Å². The Morgan fingerprint density at radius 3 is 2.34 bits per heavy atom. The third-order valence-corrected chi connectivity index (χ3v) is 6.79. The molecule has 4 rings (SSSR count). The van der Waals surface area contributed by atoms with E-state index in [4.69, 9.17) is 27.7 Å². The number of halogens is 2. The van der Waals surface area contributed by atoms with Gasteiger partial charge in [0.25, 0.3) is 10.0 Å². The predicted octanol–water partition coefficient (Wildman–Crippen LogP) is 4.78. The molecule has 0 saturated heterocycles. The average molecular weight is 492 g/mol. The van der Waals surface area contributed by atoms with E-state index in [1.807, 2.05) is 12.1 Å². The lowest BCUT2D eigenvalue weighted by atomic mass is 10.1. The Bertz CT molecular complexity index is 1430. The number of fused-ring (bicyclic) bond motifs is 1. The van der Waals surface area contributed by atoms with Crippen LogP contribution in [0.15, 0.2) is 64.0 Å². The van der Waals surface area contributed by atoms with Gasteiger partial charge in [0.1, 0.15) is 6.54 Å². The van der Waals surface area contributed by atoms with E-state index >= 15 is 0 Å². The van der Waals surface area contributed by atoms with E-state index in [-0.39, 0.29) is 20.6 Å². The molecule has 0 aliphatic heterocycles. The Morgan fingerprint density at radius 1 is 1.03 bits per heavy atom. The Balaban J connectivity index is 1.84. The number of carboxylic acids is 1. The maximum Gasteiger partial charge on any atom is 0.324 e. The van der Waals surface area contributed by atoms with E-state index in [2.05, 4.69) is 10.1 Å². The summed E-state index contributed by atoms with van der Waals surface area (Å²) in [5.41, 5.74) is 0.832. The Labute approximate surface area is 193 Å². The number of aryl methyl sites for hydroxylation is 1. The topological polar surface area (TPSA) is 114 Å². The smallest absolute Gasteiger partial charge is 0.324 e. The normalized spacial score (nSPS) is 11.6. The summed E-state index contributed by atoms with van der Waals surface area (Å²) < 4.78 is 32.4. The van der Waals surface area contributed by atoms with E-state index in [1.165, 1.54) is 24.3 Å². The Kier molecular flexibility index (Phi) is 5.81. The third-order valence-electron chi connectivity index (χ3n) is 4.60. The van der Waals surface area contributed by atoms with Crippen molar-refractivity contribution in [3.05, 3.63) is 70.5 Å². The van der Waals surface area contributed by atoms with Crippen molar-refractivity contribution >= 4 is 55.7 Å². The largest absolute Gasteiger partial charge is 0.480 e. The van der Waals surface area contributed by atoms with Crippen molar-refractivity contribution in [1.29, 1.82) is 0 Å². The fraction of sp³-hybridized carbons (Fsp3) is 0.0952. The van der Waals surface area contributed by atoms with Crippen molar-refractivity contribution in [3.8, 4) is 11.4 Å². The number of nitrogens with zero attached hydrogens (tertiary/aromatic N) is 3. The standard InChI is InChI=1S/C21H15Cl2N3O5S/c1-12-24-21(25-31-12)14-3-2-13-4-5-18(7-15(13)6-14)26(11-20(27)28)32(29,30)19-9-16(22)8-17(23)10-19/h2-10H,11H2,1H3,(H,27,28). The number of hydrogen-bond acceptors (Lipinski definition) is 6. The fourth-order valence-corrected chi connectivity index (χ4v) is 5.32. The van der Waals surface area contributed by atoms with Crippen LogP contribution in [-0.4, -0.2) is 36.2 Å². The van der Waals surface area contributed by atoms with Crippen LogP contribution in [0, 0.1) is 6.92 Å². The molecule has 8 nitrogen and oxygen atoms in total. The molecule has 4 aromatic rings. The molecule has 11 heteroatoms. The fourth-order valence-electron chi connectivity index (χ4n) is 3.19. The van der Waals surface area contributed by atoms with Crippen LogP contribution in [0.2, 0.25) is 10.0 Å². The van der Waals surface area contributed by atoms with Crippen LogP contribution in [0.4, 0.5) is 5.69 Å². The maximum absolute atomic E-state index is 13.3. The molecule has 1 heterocycles. The zero-order valence-corrected chi connectivity index (χ0v) is 18.8. The summed E-state index contributed by atoms with van der Waals surface area (Å²) in [6, 6.07) is 14.0. The van der Waals surface area contributed by atoms with Crippen LogP contribution in [0.25, 0.3) is 22.2 Å². The quantitative estimate of drug-likeness (QED) is 0.412. The van der Waals surface area contributed by atoms with Crippen LogP contribution in [0.3, 0.4) is 0 Å². The van der Waals surface area contributed by atoms with Crippen molar-refractivity contribution < 1.29 is 22.8 Å². The maximum atomic E-state index is 13.3.